The van der Waals surface area contributed by atoms with Crippen molar-refractivity contribution >= 4 is 16.0 Å². The molecule has 2 aromatic rings. The summed E-state index contributed by atoms with van der Waals surface area (Å²) in [6.07, 6.45) is 0. The average molecular weight is 281 g/mol. The van der Waals surface area contributed by atoms with Gasteiger partial charge in [-0.25, -0.2) is 13.1 Å². The molecule has 1 N–H and O–H groups in total. The molecule has 1 aromatic carbocycles. The zero-order chi connectivity index (χ0) is 14.0. The molecule has 102 valence electrons. The quantitative estimate of drug-likeness (QED) is 0.929. The Kier molecular flexibility index (Phi) is 3.57. The van der Waals surface area contributed by atoms with Crippen LogP contribution in [-0.2, 0) is 10.0 Å². The predicted molar refractivity (Wildman–Crippen MR) is 70.4 cm³/mol. The van der Waals surface area contributed by atoms with E-state index < -0.39 is 10.0 Å². The van der Waals surface area contributed by atoms with Crippen LogP contribution in [0.3, 0.4) is 0 Å². The van der Waals surface area contributed by atoms with Gasteiger partial charge in [0, 0.05) is 6.92 Å². The van der Waals surface area contributed by atoms with Gasteiger partial charge < -0.3 is 4.52 Å². The molecule has 0 aliphatic carbocycles. The lowest BCUT2D eigenvalue weighted by Gasteiger charge is -2.07. The molecule has 19 heavy (non-hydrogen) atoms. The summed E-state index contributed by atoms with van der Waals surface area (Å²) in [5.74, 6) is 0.586. The van der Waals surface area contributed by atoms with E-state index in [9.17, 15) is 8.42 Å². The van der Waals surface area contributed by atoms with Gasteiger partial charge in [-0.3, -0.25) is 0 Å². The highest BCUT2D eigenvalue weighted by atomic mass is 32.2. The molecule has 2 rings (SSSR count). The summed E-state index contributed by atoms with van der Waals surface area (Å²) >= 11 is 0. The van der Waals surface area contributed by atoms with Crippen LogP contribution < -0.4 is 4.72 Å². The lowest BCUT2D eigenvalue weighted by molar-refractivity contribution is 0.395. The number of hydrogen-bond donors (Lipinski definition) is 1. The van der Waals surface area contributed by atoms with Crippen molar-refractivity contribution in [2.45, 2.75) is 31.6 Å². The molecule has 0 spiro atoms. The molecule has 0 fully saturated rings. The number of sulfonamides is 1. The van der Waals surface area contributed by atoms with Gasteiger partial charge in [0.25, 0.3) is 16.0 Å². The van der Waals surface area contributed by atoms with Crippen LogP contribution in [0.2, 0.25) is 0 Å². The molecule has 0 aliphatic heterocycles. The number of nitrogens with one attached hydrogen (secondary N) is 1. The SMILES string of the molecule is Cc1nc(NS(=O)(=O)c2ccc(C(C)C)cc2)no1. The van der Waals surface area contributed by atoms with Crippen LogP contribution in [0.4, 0.5) is 5.95 Å². The lowest BCUT2D eigenvalue weighted by atomic mass is 10.0. The number of hydrogen-bond acceptors (Lipinski definition) is 5. The minimum absolute atomic E-state index is 0.0644. The molecule has 1 aromatic heterocycles. The molecule has 0 atom stereocenters. The van der Waals surface area contributed by atoms with Crippen molar-refractivity contribution in [3.63, 3.8) is 0 Å². The van der Waals surface area contributed by atoms with Crippen LogP contribution in [0.5, 0.6) is 0 Å². The van der Waals surface area contributed by atoms with Gasteiger partial charge in [0.1, 0.15) is 0 Å². The van der Waals surface area contributed by atoms with Gasteiger partial charge >= 0.3 is 0 Å². The molecule has 1 heterocycles. The van der Waals surface area contributed by atoms with Crippen LogP contribution in [0.15, 0.2) is 33.7 Å². The zero-order valence-electron chi connectivity index (χ0n) is 10.9. The number of rotatable bonds is 4. The lowest BCUT2D eigenvalue weighted by Crippen LogP contribution is -2.14. The standard InChI is InChI=1S/C12H15N3O3S/c1-8(2)10-4-6-11(7-5-10)19(16,17)15-12-13-9(3)18-14-12/h4-8H,1-3H3,(H,14,15). The van der Waals surface area contributed by atoms with Crippen molar-refractivity contribution in [1.82, 2.24) is 10.1 Å². The first-order chi connectivity index (χ1) is 8.88. The normalized spacial score (nSPS) is 11.8. The Hall–Kier alpha value is -1.89. The van der Waals surface area contributed by atoms with Crippen molar-refractivity contribution in [3.05, 3.63) is 35.7 Å². The molecular weight excluding hydrogens is 266 g/mol. The maximum atomic E-state index is 12.1. The summed E-state index contributed by atoms with van der Waals surface area (Å²) < 4.78 is 31.1. The van der Waals surface area contributed by atoms with Crippen LogP contribution in [-0.4, -0.2) is 18.6 Å². The second-order valence-electron chi connectivity index (χ2n) is 4.47. The number of anilines is 1. The van der Waals surface area contributed by atoms with E-state index in [2.05, 4.69) is 14.9 Å². The number of aryl methyl sites for hydroxylation is 1. The fourth-order valence-electron chi connectivity index (χ4n) is 1.55. The van der Waals surface area contributed by atoms with E-state index in [1.54, 1.807) is 31.2 Å². The zero-order valence-corrected chi connectivity index (χ0v) is 11.7. The molecule has 0 aliphatic rings. The number of nitrogens with zero attached hydrogens (tertiary/aromatic N) is 2. The highest BCUT2D eigenvalue weighted by Gasteiger charge is 2.17. The molecule has 0 unspecified atom stereocenters. The molecule has 7 heteroatoms. The Labute approximate surface area is 111 Å². The maximum Gasteiger partial charge on any atom is 0.277 e. The first-order valence-electron chi connectivity index (χ1n) is 5.81. The Bertz CT molecular complexity index is 660. The van der Waals surface area contributed by atoms with Crippen LogP contribution in [0, 0.1) is 6.92 Å². The van der Waals surface area contributed by atoms with Crippen LogP contribution >= 0.6 is 0 Å². The smallest absolute Gasteiger partial charge is 0.277 e. The van der Waals surface area contributed by atoms with E-state index >= 15 is 0 Å². The molecule has 0 radical (unpaired) electrons. The summed E-state index contributed by atoms with van der Waals surface area (Å²) in [5.41, 5.74) is 1.08. The van der Waals surface area contributed by atoms with E-state index in [0.717, 1.165) is 5.56 Å². The fraction of sp³-hybridized carbons (Fsp3) is 0.333. The molecule has 0 bridgehead atoms. The minimum Gasteiger partial charge on any atom is -0.338 e. The second-order valence-corrected chi connectivity index (χ2v) is 6.15. The summed E-state index contributed by atoms with van der Waals surface area (Å²) in [7, 11) is -3.68. The van der Waals surface area contributed by atoms with Crippen molar-refractivity contribution < 1.29 is 12.9 Å². The topological polar surface area (TPSA) is 85.1 Å². The summed E-state index contributed by atoms with van der Waals surface area (Å²) in [5, 5.41) is 3.50. The minimum atomic E-state index is -3.68. The third kappa shape index (κ3) is 3.11. The summed E-state index contributed by atoms with van der Waals surface area (Å²) in [6, 6.07) is 6.70. The Balaban J connectivity index is 2.24. The Morgan fingerprint density at radius 1 is 1.21 bits per heavy atom. The fourth-order valence-corrected chi connectivity index (χ4v) is 2.49. The first-order valence-corrected chi connectivity index (χ1v) is 7.30. The maximum absolute atomic E-state index is 12.1. The number of benzene rings is 1. The number of aromatic nitrogens is 2. The highest BCUT2D eigenvalue weighted by Crippen LogP contribution is 2.18. The van der Waals surface area contributed by atoms with E-state index in [0.29, 0.717) is 11.8 Å². The van der Waals surface area contributed by atoms with E-state index in [-0.39, 0.29) is 10.8 Å². The molecule has 0 saturated carbocycles. The second kappa shape index (κ2) is 5.00. The molecular formula is C12H15N3O3S. The van der Waals surface area contributed by atoms with E-state index in [4.69, 9.17) is 4.52 Å². The molecule has 0 amide bonds. The Morgan fingerprint density at radius 3 is 2.32 bits per heavy atom. The predicted octanol–water partition coefficient (Wildman–Crippen LogP) is 2.30. The third-order valence-electron chi connectivity index (χ3n) is 2.61. The summed E-state index contributed by atoms with van der Waals surface area (Å²) in [4.78, 5) is 3.97. The highest BCUT2D eigenvalue weighted by molar-refractivity contribution is 7.92. The van der Waals surface area contributed by atoms with E-state index in [1.807, 2.05) is 13.8 Å². The van der Waals surface area contributed by atoms with Crippen molar-refractivity contribution in [1.29, 1.82) is 0 Å². The molecule has 0 saturated heterocycles. The Morgan fingerprint density at radius 2 is 1.84 bits per heavy atom. The van der Waals surface area contributed by atoms with Crippen molar-refractivity contribution in [2.24, 2.45) is 0 Å². The van der Waals surface area contributed by atoms with Gasteiger partial charge in [0.2, 0.25) is 5.89 Å². The first kappa shape index (κ1) is 13.5. The third-order valence-corrected chi connectivity index (χ3v) is 3.95. The average Bonchev–Trinajstić information content (AvgIpc) is 2.74. The summed E-state index contributed by atoms with van der Waals surface area (Å²) in [6.45, 7) is 5.68. The van der Waals surface area contributed by atoms with E-state index in [1.165, 1.54) is 0 Å². The van der Waals surface area contributed by atoms with Gasteiger partial charge in [-0.15, -0.1) is 0 Å². The molecule has 6 nitrogen and oxygen atoms in total. The largest absolute Gasteiger partial charge is 0.338 e. The van der Waals surface area contributed by atoms with Crippen LogP contribution in [0.1, 0.15) is 31.2 Å². The van der Waals surface area contributed by atoms with Gasteiger partial charge in [-0.2, -0.15) is 4.98 Å². The van der Waals surface area contributed by atoms with Crippen molar-refractivity contribution in [3.8, 4) is 0 Å². The van der Waals surface area contributed by atoms with Gasteiger partial charge in [0.05, 0.1) is 4.90 Å². The van der Waals surface area contributed by atoms with Gasteiger partial charge in [-0.05, 0) is 28.8 Å². The van der Waals surface area contributed by atoms with Crippen LogP contribution in [0.25, 0.3) is 0 Å². The van der Waals surface area contributed by atoms with Gasteiger partial charge in [-0.1, -0.05) is 26.0 Å². The van der Waals surface area contributed by atoms with Gasteiger partial charge in [0.15, 0.2) is 0 Å². The van der Waals surface area contributed by atoms with Crippen molar-refractivity contribution in [2.75, 3.05) is 4.72 Å². The monoisotopic (exact) mass is 281 g/mol.